The minimum atomic E-state index is -3.86. The lowest BCUT2D eigenvalue weighted by Crippen LogP contribution is -2.48. The Hall–Kier alpha value is -0.820. The van der Waals surface area contributed by atoms with Crippen molar-refractivity contribution in [2.24, 2.45) is 5.92 Å². The molecule has 0 aliphatic carbocycles. The van der Waals surface area contributed by atoms with Gasteiger partial charge in [-0.25, -0.2) is 4.79 Å². The third kappa shape index (κ3) is 4.63. The molecule has 0 bridgehead atoms. The molecule has 116 valence electrons. The van der Waals surface area contributed by atoms with Gasteiger partial charge >= 0.3 is 6.03 Å². The first-order valence-electron chi connectivity index (χ1n) is 7.45. The van der Waals surface area contributed by atoms with E-state index in [0.29, 0.717) is 25.4 Å². The molecule has 0 radical (unpaired) electrons. The number of hydrogen-bond donors (Lipinski definition) is 1. The quantitative estimate of drug-likeness (QED) is 0.803. The highest BCUT2D eigenvalue weighted by Gasteiger charge is 2.27. The van der Waals surface area contributed by atoms with E-state index < -0.39 is 10.1 Å². The van der Waals surface area contributed by atoms with Crippen LogP contribution in [-0.4, -0.2) is 60.7 Å². The molecule has 2 heterocycles. The standard InChI is InChI=1S/C13H24N2O4S/c16-13(14-7-2-1-3-8-14)15-9-4-12(5-10-15)6-11-20(17,18)19/h12H,1-11H2,(H,17,18,19). The van der Waals surface area contributed by atoms with E-state index in [4.69, 9.17) is 4.55 Å². The number of hydrogen-bond acceptors (Lipinski definition) is 3. The van der Waals surface area contributed by atoms with E-state index in [-0.39, 0.29) is 11.8 Å². The molecule has 0 atom stereocenters. The van der Waals surface area contributed by atoms with E-state index in [1.165, 1.54) is 6.42 Å². The van der Waals surface area contributed by atoms with Crippen molar-refractivity contribution in [3.05, 3.63) is 0 Å². The number of amides is 2. The fourth-order valence-corrected chi connectivity index (χ4v) is 3.64. The van der Waals surface area contributed by atoms with Gasteiger partial charge in [-0.1, -0.05) is 0 Å². The molecule has 6 nitrogen and oxygen atoms in total. The van der Waals surface area contributed by atoms with Crippen LogP contribution in [0.5, 0.6) is 0 Å². The van der Waals surface area contributed by atoms with Crippen molar-refractivity contribution in [2.45, 2.75) is 38.5 Å². The van der Waals surface area contributed by atoms with Gasteiger partial charge in [0, 0.05) is 26.2 Å². The van der Waals surface area contributed by atoms with E-state index in [0.717, 1.165) is 38.8 Å². The van der Waals surface area contributed by atoms with E-state index in [9.17, 15) is 13.2 Å². The highest BCUT2D eigenvalue weighted by molar-refractivity contribution is 7.85. The second-order valence-corrected chi connectivity index (χ2v) is 7.41. The Morgan fingerprint density at radius 2 is 1.55 bits per heavy atom. The van der Waals surface area contributed by atoms with Crippen LogP contribution in [-0.2, 0) is 10.1 Å². The number of nitrogens with zero attached hydrogens (tertiary/aromatic N) is 2. The third-order valence-corrected chi connectivity index (χ3v) is 5.05. The van der Waals surface area contributed by atoms with Crippen LogP contribution in [0.2, 0.25) is 0 Å². The average Bonchev–Trinajstić information content (AvgIpc) is 2.45. The van der Waals surface area contributed by atoms with Gasteiger partial charge in [-0.05, 0) is 44.4 Å². The summed E-state index contributed by atoms with van der Waals surface area (Å²) in [7, 11) is -3.86. The molecule has 2 rings (SSSR count). The summed E-state index contributed by atoms with van der Waals surface area (Å²) in [6.45, 7) is 3.12. The van der Waals surface area contributed by atoms with Crippen molar-refractivity contribution in [2.75, 3.05) is 31.9 Å². The molecule has 0 saturated carbocycles. The predicted molar refractivity (Wildman–Crippen MR) is 76.1 cm³/mol. The van der Waals surface area contributed by atoms with Crippen LogP contribution in [0.25, 0.3) is 0 Å². The lowest BCUT2D eigenvalue weighted by molar-refractivity contribution is 0.124. The fourth-order valence-electron chi connectivity index (χ4n) is 3.01. The Labute approximate surface area is 120 Å². The largest absolute Gasteiger partial charge is 0.325 e. The molecule has 20 heavy (non-hydrogen) atoms. The normalized spacial score (nSPS) is 22.1. The Morgan fingerprint density at radius 3 is 2.10 bits per heavy atom. The van der Waals surface area contributed by atoms with Crippen LogP contribution in [0.4, 0.5) is 4.79 Å². The van der Waals surface area contributed by atoms with Crippen LogP contribution in [0.3, 0.4) is 0 Å². The maximum atomic E-state index is 12.3. The molecule has 2 fully saturated rings. The Balaban J connectivity index is 1.74. The number of rotatable bonds is 3. The Bertz CT molecular complexity index is 424. The smallest absolute Gasteiger partial charge is 0.319 e. The van der Waals surface area contributed by atoms with Crippen LogP contribution < -0.4 is 0 Å². The van der Waals surface area contributed by atoms with Crippen molar-refractivity contribution in [3.8, 4) is 0 Å². The molecular formula is C13H24N2O4S. The zero-order valence-corrected chi connectivity index (χ0v) is 12.6. The minimum absolute atomic E-state index is 0.137. The first-order chi connectivity index (χ1) is 9.46. The average molecular weight is 304 g/mol. The number of likely N-dealkylation sites (tertiary alicyclic amines) is 2. The van der Waals surface area contributed by atoms with Crippen LogP contribution >= 0.6 is 0 Å². The van der Waals surface area contributed by atoms with Gasteiger partial charge < -0.3 is 9.80 Å². The van der Waals surface area contributed by atoms with E-state index in [1.807, 2.05) is 9.80 Å². The molecule has 7 heteroatoms. The lowest BCUT2D eigenvalue weighted by Gasteiger charge is -2.37. The molecule has 0 aromatic rings. The molecule has 0 unspecified atom stereocenters. The molecule has 0 aromatic carbocycles. The molecular weight excluding hydrogens is 280 g/mol. The minimum Gasteiger partial charge on any atom is -0.325 e. The van der Waals surface area contributed by atoms with Gasteiger partial charge in [0.1, 0.15) is 0 Å². The monoisotopic (exact) mass is 304 g/mol. The zero-order chi connectivity index (χ0) is 14.6. The summed E-state index contributed by atoms with van der Waals surface area (Å²) in [4.78, 5) is 16.1. The van der Waals surface area contributed by atoms with Gasteiger partial charge in [-0.15, -0.1) is 0 Å². The molecule has 2 amide bonds. The summed E-state index contributed by atoms with van der Waals surface area (Å²) < 4.78 is 30.2. The van der Waals surface area contributed by atoms with E-state index >= 15 is 0 Å². The third-order valence-electron chi connectivity index (χ3n) is 4.30. The van der Waals surface area contributed by atoms with Gasteiger partial charge in [0.15, 0.2) is 0 Å². The van der Waals surface area contributed by atoms with Gasteiger partial charge in [0.2, 0.25) is 0 Å². The summed E-state index contributed by atoms with van der Waals surface area (Å²) >= 11 is 0. The van der Waals surface area contributed by atoms with Crippen LogP contribution in [0, 0.1) is 5.92 Å². The molecule has 0 aromatic heterocycles. The molecule has 2 aliphatic rings. The number of urea groups is 1. The number of carbonyl (C=O) groups is 1. The first kappa shape index (κ1) is 15.6. The topological polar surface area (TPSA) is 77.9 Å². The van der Waals surface area contributed by atoms with Crippen molar-refractivity contribution >= 4 is 16.1 Å². The fraction of sp³-hybridized carbons (Fsp3) is 0.923. The maximum Gasteiger partial charge on any atom is 0.319 e. The Morgan fingerprint density at radius 1 is 1.00 bits per heavy atom. The molecule has 1 N–H and O–H groups in total. The van der Waals surface area contributed by atoms with Crippen LogP contribution in [0.15, 0.2) is 0 Å². The highest BCUT2D eigenvalue weighted by atomic mass is 32.2. The van der Waals surface area contributed by atoms with Gasteiger partial charge in [-0.2, -0.15) is 8.42 Å². The van der Waals surface area contributed by atoms with Crippen molar-refractivity contribution < 1.29 is 17.8 Å². The summed E-state index contributed by atoms with van der Waals surface area (Å²) in [6.07, 6.45) is 5.55. The van der Waals surface area contributed by atoms with Gasteiger partial charge in [0.25, 0.3) is 10.1 Å². The maximum absolute atomic E-state index is 12.3. The Kier molecular flexibility index (Phi) is 5.26. The summed E-state index contributed by atoms with van der Waals surface area (Å²) in [5.41, 5.74) is 0. The molecule has 2 aliphatic heterocycles. The second-order valence-electron chi connectivity index (χ2n) is 5.84. The number of piperidine rings is 2. The molecule has 2 saturated heterocycles. The van der Waals surface area contributed by atoms with Crippen molar-refractivity contribution in [3.63, 3.8) is 0 Å². The van der Waals surface area contributed by atoms with E-state index in [2.05, 4.69) is 0 Å². The summed E-state index contributed by atoms with van der Waals surface area (Å²) in [6, 6.07) is 0.137. The van der Waals surface area contributed by atoms with Crippen LogP contribution in [0.1, 0.15) is 38.5 Å². The molecule has 0 spiro atoms. The van der Waals surface area contributed by atoms with E-state index in [1.54, 1.807) is 0 Å². The van der Waals surface area contributed by atoms with Gasteiger partial charge in [-0.3, -0.25) is 4.55 Å². The SMILES string of the molecule is O=C(N1CCCCC1)N1CCC(CCS(=O)(=O)O)CC1. The first-order valence-corrected chi connectivity index (χ1v) is 9.05. The second kappa shape index (κ2) is 6.76. The van der Waals surface area contributed by atoms with Crippen molar-refractivity contribution in [1.82, 2.24) is 9.80 Å². The lowest BCUT2D eigenvalue weighted by atomic mass is 9.94. The van der Waals surface area contributed by atoms with Gasteiger partial charge in [0.05, 0.1) is 5.75 Å². The predicted octanol–water partition coefficient (Wildman–Crippen LogP) is 1.58. The zero-order valence-electron chi connectivity index (χ0n) is 11.8. The number of carbonyl (C=O) groups excluding carboxylic acids is 1. The summed E-state index contributed by atoms with van der Waals surface area (Å²) in [5.74, 6) is 0.125. The highest BCUT2D eigenvalue weighted by Crippen LogP contribution is 2.22. The summed E-state index contributed by atoms with van der Waals surface area (Å²) in [5, 5.41) is 0. The van der Waals surface area contributed by atoms with Crippen molar-refractivity contribution in [1.29, 1.82) is 0 Å².